The topological polar surface area (TPSA) is 99.8 Å². The van der Waals surface area contributed by atoms with E-state index in [4.69, 9.17) is 4.74 Å². The van der Waals surface area contributed by atoms with Crippen LogP contribution in [0.15, 0.2) is 72.8 Å². The number of carbonyl (C=O) groups is 3. The smallest absolute Gasteiger partial charge is 0.339 e. The summed E-state index contributed by atoms with van der Waals surface area (Å²) in [5.41, 5.74) is 3.13. The minimum Gasteiger partial charge on any atom is -0.465 e. The molecule has 1 aliphatic heterocycles. The van der Waals surface area contributed by atoms with E-state index < -0.39 is 12.0 Å². The summed E-state index contributed by atoms with van der Waals surface area (Å²) in [5.74, 6) is -0.778. The quantitative estimate of drug-likeness (QED) is 0.420. The summed E-state index contributed by atoms with van der Waals surface area (Å²) < 4.78 is 4.81. The zero-order chi connectivity index (χ0) is 24.6. The van der Waals surface area contributed by atoms with Gasteiger partial charge in [0, 0.05) is 24.3 Å². The molecule has 0 saturated carbocycles. The van der Waals surface area contributed by atoms with Gasteiger partial charge in [-0.25, -0.2) is 9.59 Å². The summed E-state index contributed by atoms with van der Waals surface area (Å²) in [7, 11) is 1.29. The molecule has 1 saturated heterocycles. The van der Waals surface area contributed by atoms with Gasteiger partial charge in [0.25, 0.3) is 5.91 Å². The van der Waals surface area contributed by atoms with Crippen molar-refractivity contribution in [1.82, 2.24) is 0 Å². The largest absolute Gasteiger partial charge is 0.465 e. The van der Waals surface area contributed by atoms with Gasteiger partial charge in [0.2, 0.25) is 0 Å². The van der Waals surface area contributed by atoms with Crippen LogP contribution in [0.3, 0.4) is 0 Å². The molecule has 8 nitrogen and oxygen atoms in total. The third-order valence-corrected chi connectivity index (χ3v) is 5.82. The zero-order valence-electron chi connectivity index (χ0n) is 19.5. The molecule has 0 aromatic heterocycles. The lowest BCUT2D eigenvalue weighted by Crippen LogP contribution is -2.31. The number of esters is 1. The number of nitrogens with one attached hydrogen (secondary N) is 3. The van der Waals surface area contributed by atoms with Gasteiger partial charge in [-0.2, -0.15) is 0 Å². The average Bonchev–Trinajstić information content (AvgIpc) is 2.89. The first-order valence-electron chi connectivity index (χ1n) is 11.6. The number of ether oxygens (including phenoxy) is 1. The Hall–Kier alpha value is -4.33. The van der Waals surface area contributed by atoms with E-state index in [0.29, 0.717) is 22.6 Å². The maximum Gasteiger partial charge on any atom is 0.339 e. The lowest BCUT2D eigenvalue weighted by Gasteiger charge is -2.31. The summed E-state index contributed by atoms with van der Waals surface area (Å²) in [4.78, 5) is 39.9. The molecule has 0 atom stereocenters. The first-order valence-corrected chi connectivity index (χ1v) is 11.6. The van der Waals surface area contributed by atoms with Gasteiger partial charge in [0.05, 0.1) is 29.7 Å². The molecule has 35 heavy (non-hydrogen) atoms. The van der Waals surface area contributed by atoms with Crippen LogP contribution in [0, 0.1) is 0 Å². The van der Waals surface area contributed by atoms with Gasteiger partial charge in [-0.15, -0.1) is 0 Å². The van der Waals surface area contributed by atoms with E-state index in [-0.39, 0.29) is 11.5 Å². The first-order chi connectivity index (χ1) is 17.0. The van der Waals surface area contributed by atoms with Gasteiger partial charge in [0.15, 0.2) is 0 Å². The molecule has 8 heteroatoms. The van der Waals surface area contributed by atoms with Crippen LogP contribution in [-0.2, 0) is 4.74 Å². The second-order valence-electron chi connectivity index (χ2n) is 8.22. The van der Waals surface area contributed by atoms with E-state index in [1.165, 1.54) is 13.5 Å². The lowest BCUT2D eigenvalue weighted by atomic mass is 10.1. The number of hydrogen-bond acceptors (Lipinski definition) is 5. The Morgan fingerprint density at radius 1 is 0.771 bits per heavy atom. The Morgan fingerprint density at radius 2 is 1.46 bits per heavy atom. The highest BCUT2D eigenvalue weighted by atomic mass is 16.5. The van der Waals surface area contributed by atoms with Crippen molar-refractivity contribution in [3.05, 3.63) is 83.9 Å². The molecule has 0 unspecified atom stereocenters. The second kappa shape index (κ2) is 11.2. The molecule has 3 aromatic rings. The van der Waals surface area contributed by atoms with Crippen LogP contribution in [0.25, 0.3) is 0 Å². The van der Waals surface area contributed by atoms with E-state index in [1.807, 2.05) is 18.2 Å². The van der Waals surface area contributed by atoms with Gasteiger partial charge in [-0.3, -0.25) is 4.79 Å². The number of methoxy groups -OCH3 is 1. The van der Waals surface area contributed by atoms with Crippen LogP contribution in [0.1, 0.15) is 40.0 Å². The molecular weight excluding hydrogens is 444 g/mol. The molecule has 1 heterocycles. The number of carbonyl (C=O) groups excluding carboxylic acids is 3. The van der Waals surface area contributed by atoms with Crippen LogP contribution in [0.5, 0.6) is 0 Å². The molecule has 3 amide bonds. The summed E-state index contributed by atoms with van der Waals surface area (Å²) >= 11 is 0. The number of piperidine rings is 1. The fourth-order valence-electron chi connectivity index (χ4n) is 4.07. The van der Waals surface area contributed by atoms with Gasteiger partial charge in [0.1, 0.15) is 0 Å². The zero-order valence-corrected chi connectivity index (χ0v) is 19.5. The maximum atomic E-state index is 13.0. The van der Waals surface area contributed by atoms with Gasteiger partial charge >= 0.3 is 12.0 Å². The molecule has 0 bridgehead atoms. The SMILES string of the molecule is COC(=O)c1ccccc1NC(=O)Nc1cc(NC(=O)c2ccccc2)ccc1N1CCCCC1. The van der Waals surface area contributed by atoms with Crippen molar-refractivity contribution in [3.8, 4) is 0 Å². The highest BCUT2D eigenvalue weighted by Crippen LogP contribution is 2.32. The molecule has 0 spiro atoms. The number of para-hydroxylation sites is 1. The molecule has 3 N–H and O–H groups in total. The molecule has 4 rings (SSSR count). The summed E-state index contributed by atoms with van der Waals surface area (Å²) in [6.07, 6.45) is 3.32. The number of hydrogen-bond donors (Lipinski definition) is 3. The third-order valence-electron chi connectivity index (χ3n) is 5.82. The Kier molecular flexibility index (Phi) is 7.62. The standard InChI is InChI=1S/C27H28N4O4/c1-35-26(33)21-12-6-7-13-22(21)29-27(34)30-23-18-20(28-25(32)19-10-4-2-5-11-19)14-15-24(23)31-16-8-3-9-17-31/h2,4-7,10-15,18H,3,8-9,16-17H2,1H3,(H,28,32)(H2,29,30,34). The van der Waals surface area contributed by atoms with E-state index >= 15 is 0 Å². The Morgan fingerprint density at radius 3 is 2.20 bits per heavy atom. The Balaban J connectivity index is 1.57. The van der Waals surface area contributed by atoms with Gasteiger partial charge < -0.3 is 25.6 Å². The van der Waals surface area contributed by atoms with E-state index in [2.05, 4.69) is 20.9 Å². The summed E-state index contributed by atoms with van der Waals surface area (Å²) in [6, 6.07) is 20.6. The third kappa shape index (κ3) is 5.97. The number of urea groups is 1. The van der Waals surface area contributed by atoms with Crippen molar-refractivity contribution >= 4 is 40.7 Å². The lowest BCUT2D eigenvalue weighted by molar-refractivity contribution is 0.0601. The second-order valence-corrected chi connectivity index (χ2v) is 8.22. The number of benzene rings is 3. The van der Waals surface area contributed by atoms with E-state index in [1.54, 1.807) is 54.6 Å². The van der Waals surface area contributed by atoms with Crippen molar-refractivity contribution in [2.75, 3.05) is 41.0 Å². The molecule has 0 radical (unpaired) electrons. The highest BCUT2D eigenvalue weighted by Gasteiger charge is 2.19. The van der Waals surface area contributed by atoms with Crippen LogP contribution < -0.4 is 20.9 Å². The first kappa shape index (κ1) is 23.8. The van der Waals surface area contributed by atoms with E-state index in [9.17, 15) is 14.4 Å². The van der Waals surface area contributed by atoms with Crippen LogP contribution in [0.2, 0.25) is 0 Å². The van der Waals surface area contributed by atoms with Crippen molar-refractivity contribution in [3.63, 3.8) is 0 Å². The highest BCUT2D eigenvalue weighted by molar-refractivity contribution is 6.08. The molecular formula is C27H28N4O4. The van der Waals surface area contributed by atoms with Crippen LogP contribution >= 0.6 is 0 Å². The monoisotopic (exact) mass is 472 g/mol. The molecule has 180 valence electrons. The van der Waals surface area contributed by atoms with E-state index in [0.717, 1.165) is 31.6 Å². The minimum absolute atomic E-state index is 0.237. The number of amides is 3. The van der Waals surface area contributed by atoms with Crippen molar-refractivity contribution in [2.45, 2.75) is 19.3 Å². The minimum atomic E-state index is -0.541. The molecule has 3 aromatic carbocycles. The number of rotatable bonds is 6. The molecule has 1 aliphatic rings. The van der Waals surface area contributed by atoms with Crippen molar-refractivity contribution in [1.29, 1.82) is 0 Å². The van der Waals surface area contributed by atoms with Crippen LogP contribution in [-0.4, -0.2) is 38.1 Å². The number of nitrogens with zero attached hydrogens (tertiary/aromatic N) is 1. The predicted octanol–water partition coefficient (Wildman–Crippen LogP) is 5.36. The van der Waals surface area contributed by atoms with Gasteiger partial charge in [-0.05, 0) is 61.7 Å². The molecule has 1 fully saturated rings. The van der Waals surface area contributed by atoms with Crippen molar-refractivity contribution in [2.24, 2.45) is 0 Å². The predicted molar refractivity (Wildman–Crippen MR) is 137 cm³/mol. The van der Waals surface area contributed by atoms with Gasteiger partial charge in [-0.1, -0.05) is 30.3 Å². The Labute approximate surface area is 204 Å². The normalized spacial score (nSPS) is 13.0. The van der Waals surface area contributed by atoms with Crippen molar-refractivity contribution < 1.29 is 19.1 Å². The Bertz CT molecular complexity index is 1210. The molecule has 0 aliphatic carbocycles. The van der Waals surface area contributed by atoms with Crippen LogP contribution in [0.4, 0.5) is 27.5 Å². The fourth-order valence-corrected chi connectivity index (χ4v) is 4.07. The summed E-state index contributed by atoms with van der Waals surface area (Å²) in [6.45, 7) is 1.77. The summed E-state index contributed by atoms with van der Waals surface area (Å²) in [5, 5.41) is 8.53. The number of anilines is 4. The maximum absolute atomic E-state index is 13.0. The average molecular weight is 473 g/mol. The fraction of sp³-hybridized carbons (Fsp3) is 0.222.